The second-order valence-corrected chi connectivity index (χ2v) is 6.32. The quantitative estimate of drug-likeness (QED) is 0.580. The SMILES string of the molecule is CO[C@@H]1C[C@@H]2[C@H](/C=C/CCC[C@H](C)OC(=O)/C=C/[C@H]2OC)C1. The van der Waals surface area contributed by atoms with Crippen LogP contribution in [-0.2, 0) is 19.0 Å². The summed E-state index contributed by atoms with van der Waals surface area (Å²) in [7, 11) is 3.46. The Kier molecular flexibility index (Phi) is 6.65. The highest BCUT2D eigenvalue weighted by Gasteiger charge is 2.37. The third kappa shape index (κ3) is 4.68. The number of ether oxygens (including phenoxy) is 3. The molecular weight excluding hydrogens is 280 g/mol. The van der Waals surface area contributed by atoms with Crippen molar-refractivity contribution < 1.29 is 19.0 Å². The molecule has 0 unspecified atom stereocenters. The van der Waals surface area contributed by atoms with Crippen LogP contribution in [0, 0.1) is 11.8 Å². The second kappa shape index (κ2) is 8.49. The van der Waals surface area contributed by atoms with Gasteiger partial charge in [0.2, 0.25) is 0 Å². The molecule has 22 heavy (non-hydrogen) atoms. The third-order valence-corrected chi connectivity index (χ3v) is 4.75. The maximum Gasteiger partial charge on any atom is 0.330 e. The number of esters is 1. The summed E-state index contributed by atoms with van der Waals surface area (Å²) in [5.74, 6) is 0.502. The number of carbonyl (C=O) groups excluding carboxylic acids is 1. The Bertz CT molecular complexity index is 415. The molecule has 0 spiro atoms. The fourth-order valence-electron chi connectivity index (χ4n) is 3.50. The summed E-state index contributed by atoms with van der Waals surface area (Å²) < 4.78 is 16.5. The van der Waals surface area contributed by atoms with Crippen LogP contribution in [0.5, 0.6) is 0 Å². The summed E-state index contributed by atoms with van der Waals surface area (Å²) >= 11 is 0. The van der Waals surface area contributed by atoms with Gasteiger partial charge in [-0.15, -0.1) is 0 Å². The van der Waals surface area contributed by atoms with Crippen LogP contribution in [-0.4, -0.2) is 38.5 Å². The highest BCUT2D eigenvalue weighted by Crippen LogP contribution is 2.38. The van der Waals surface area contributed by atoms with Crippen LogP contribution >= 0.6 is 0 Å². The first kappa shape index (κ1) is 17.2. The summed E-state index contributed by atoms with van der Waals surface area (Å²) in [6.45, 7) is 1.95. The van der Waals surface area contributed by atoms with Gasteiger partial charge in [-0.3, -0.25) is 0 Å². The maximum atomic E-state index is 11.9. The standard InChI is InChI=1S/C18H28O4/c1-13-7-5-4-6-8-14-11-15(20-2)12-16(14)17(21-3)9-10-18(19)22-13/h6,8-10,13-17H,4-5,7,11-12H2,1-3H3/b8-6+,10-9+/t13-,14+,15-,16+,17+/m0/s1. The van der Waals surface area contributed by atoms with Crippen LogP contribution in [0.4, 0.5) is 0 Å². The summed E-state index contributed by atoms with van der Waals surface area (Å²) in [5.41, 5.74) is 0. The van der Waals surface area contributed by atoms with Gasteiger partial charge in [-0.2, -0.15) is 0 Å². The van der Waals surface area contributed by atoms with Crippen molar-refractivity contribution in [1.82, 2.24) is 0 Å². The minimum atomic E-state index is -0.278. The molecule has 0 N–H and O–H groups in total. The van der Waals surface area contributed by atoms with Crippen molar-refractivity contribution in [3.63, 3.8) is 0 Å². The molecule has 4 heteroatoms. The van der Waals surface area contributed by atoms with E-state index in [0.717, 1.165) is 32.1 Å². The van der Waals surface area contributed by atoms with Gasteiger partial charge in [0.05, 0.1) is 18.3 Å². The number of hydrogen-bond acceptors (Lipinski definition) is 4. The molecule has 1 heterocycles. The van der Waals surface area contributed by atoms with Crippen LogP contribution in [0.25, 0.3) is 0 Å². The first-order valence-corrected chi connectivity index (χ1v) is 8.25. The highest BCUT2D eigenvalue weighted by molar-refractivity contribution is 5.82. The van der Waals surface area contributed by atoms with E-state index in [2.05, 4.69) is 12.2 Å². The summed E-state index contributed by atoms with van der Waals surface area (Å²) in [6.07, 6.45) is 13.0. The highest BCUT2D eigenvalue weighted by atomic mass is 16.5. The molecule has 0 saturated heterocycles. The van der Waals surface area contributed by atoms with Gasteiger partial charge in [-0.05, 0) is 56.9 Å². The zero-order chi connectivity index (χ0) is 15.9. The molecule has 0 aromatic carbocycles. The third-order valence-electron chi connectivity index (χ3n) is 4.75. The zero-order valence-corrected chi connectivity index (χ0v) is 13.9. The molecule has 0 aromatic rings. The van der Waals surface area contributed by atoms with E-state index in [4.69, 9.17) is 14.2 Å². The number of rotatable bonds is 2. The largest absolute Gasteiger partial charge is 0.460 e. The molecule has 1 aliphatic carbocycles. The Morgan fingerprint density at radius 2 is 2.00 bits per heavy atom. The lowest BCUT2D eigenvalue weighted by Crippen LogP contribution is -2.24. The molecule has 0 bridgehead atoms. The Morgan fingerprint density at radius 1 is 1.18 bits per heavy atom. The van der Waals surface area contributed by atoms with Crippen LogP contribution < -0.4 is 0 Å². The van der Waals surface area contributed by atoms with Gasteiger partial charge in [0.15, 0.2) is 0 Å². The van der Waals surface area contributed by atoms with Crippen molar-refractivity contribution in [1.29, 1.82) is 0 Å². The lowest BCUT2D eigenvalue weighted by atomic mass is 9.89. The van der Waals surface area contributed by atoms with Gasteiger partial charge >= 0.3 is 5.97 Å². The fourth-order valence-corrected chi connectivity index (χ4v) is 3.50. The average Bonchev–Trinajstić information content (AvgIpc) is 2.90. The molecule has 5 atom stereocenters. The Hall–Kier alpha value is -1.13. The summed E-state index contributed by atoms with van der Waals surface area (Å²) in [5, 5.41) is 0. The van der Waals surface area contributed by atoms with Crippen LogP contribution in [0.3, 0.4) is 0 Å². The molecule has 2 rings (SSSR count). The van der Waals surface area contributed by atoms with Gasteiger partial charge in [0.25, 0.3) is 0 Å². The minimum Gasteiger partial charge on any atom is -0.460 e. The first-order chi connectivity index (χ1) is 10.6. The van der Waals surface area contributed by atoms with E-state index < -0.39 is 0 Å². The predicted molar refractivity (Wildman–Crippen MR) is 85.5 cm³/mol. The molecule has 124 valence electrons. The molecule has 4 nitrogen and oxygen atoms in total. The number of fused-ring (bicyclic) bond motifs is 1. The minimum absolute atomic E-state index is 0.0373. The summed E-state index contributed by atoms with van der Waals surface area (Å²) in [4.78, 5) is 11.9. The van der Waals surface area contributed by atoms with E-state index in [1.165, 1.54) is 6.08 Å². The normalized spacial score (nSPS) is 39.8. The van der Waals surface area contributed by atoms with Gasteiger partial charge in [0, 0.05) is 20.3 Å². The number of allylic oxidation sites excluding steroid dienone is 2. The molecule has 1 fully saturated rings. The second-order valence-electron chi connectivity index (χ2n) is 6.32. The molecule has 1 saturated carbocycles. The molecule has 0 radical (unpaired) electrons. The van der Waals surface area contributed by atoms with E-state index in [-0.39, 0.29) is 24.3 Å². The smallest absolute Gasteiger partial charge is 0.330 e. The number of hydrogen-bond donors (Lipinski definition) is 0. The molecule has 1 aliphatic heterocycles. The van der Waals surface area contributed by atoms with Crippen molar-refractivity contribution in [2.75, 3.05) is 14.2 Å². The lowest BCUT2D eigenvalue weighted by molar-refractivity contribution is -0.142. The van der Waals surface area contributed by atoms with Crippen molar-refractivity contribution in [3.8, 4) is 0 Å². The topological polar surface area (TPSA) is 44.8 Å². The van der Waals surface area contributed by atoms with E-state index >= 15 is 0 Å². The van der Waals surface area contributed by atoms with Crippen molar-refractivity contribution >= 4 is 5.97 Å². The average molecular weight is 308 g/mol. The Balaban J connectivity index is 2.16. The predicted octanol–water partition coefficient (Wildman–Crippen LogP) is 3.27. The van der Waals surface area contributed by atoms with Gasteiger partial charge in [0.1, 0.15) is 0 Å². The van der Waals surface area contributed by atoms with Crippen LogP contribution in [0.2, 0.25) is 0 Å². The Labute approximate surface area is 133 Å². The van der Waals surface area contributed by atoms with Crippen molar-refractivity contribution in [2.45, 2.75) is 57.3 Å². The van der Waals surface area contributed by atoms with Crippen molar-refractivity contribution in [2.24, 2.45) is 11.8 Å². The number of methoxy groups -OCH3 is 2. The molecule has 2 aliphatic rings. The van der Waals surface area contributed by atoms with E-state index in [1.54, 1.807) is 14.2 Å². The first-order valence-electron chi connectivity index (χ1n) is 8.25. The van der Waals surface area contributed by atoms with Crippen LogP contribution in [0.15, 0.2) is 24.3 Å². The van der Waals surface area contributed by atoms with Crippen LogP contribution in [0.1, 0.15) is 39.0 Å². The number of cyclic esters (lactones) is 1. The summed E-state index contributed by atoms with van der Waals surface area (Å²) in [6, 6.07) is 0. The molecule has 0 amide bonds. The Morgan fingerprint density at radius 3 is 2.73 bits per heavy atom. The van der Waals surface area contributed by atoms with Gasteiger partial charge in [-0.25, -0.2) is 4.79 Å². The maximum absolute atomic E-state index is 11.9. The molecular formula is C18H28O4. The van der Waals surface area contributed by atoms with E-state index in [9.17, 15) is 4.79 Å². The lowest BCUT2D eigenvalue weighted by Gasteiger charge is -2.23. The zero-order valence-electron chi connectivity index (χ0n) is 13.9. The van der Waals surface area contributed by atoms with Crippen molar-refractivity contribution in [3.05, 3.63) is 24.3 Å². The van der Waals surface area contributed by atoms with E-state index in [0.29, 0.717) is 11.8 Å². The monoisotopic (exact) mass is 308 g/mol. The van der Waals surface area contributed by atoms with Gasteiger partial charge < -0.3 is 14.2 Å². The van der Waals surface area contributed by atoms with E-state index in [1.807, 2.05) is 13.0 Å². The molecule has 0 aromatic heterocycles. The number of carbonyl (C=O) groups is 1. The fraction of sp³-hybridized carbons (Fsp3) is 0.722. The van der Waals surface area contributed by atoms with Gasteiger partial charge in [-0.1, -0.05) is 12.2 Å².